The minimum Gasteiger partial charge on any atom is -0.487 e. The molecule has 1 saturated heterocycles. The van der Waals surface area contributed by atoms with Crippen LogP contribution in [0, 0.1) is 0 Å². The van der Waals surface area contributed by atoms with E-state index in [0.717, 1.165) is 18.6 Å². The second-order valence-corrected chi connectivity index (χ2v) is 6.75. The van der Waals surface area contributed by atoms with Gasteiger partial charge in [0, 0.05) is 19.1 Å². The first kappa shape index (κ1) is 19.2. The predicted octanol–water partition coefficient (Wildman–Crippen LogP) is 2.78. The van der Waals surface area contributed by atoms with Crippen LogP contribution >= 0.6 is 0 Å². The summed E-state index contributed by atoms with van der Waals surface area (Å²) in [7, 11) is 3.97. The van der Waals surface area contributed by atoms with Crippen molar-refractivity contribution in [3.8, 4) is 5.75 Å². The van der Waals surface area contributed by atoms with Gasteiger partial charge in [0.1, 0.15) is 12.4 Å². The number of H-pyrrole nitrogens is 1. The van der Waals surface area contributed by atoms with Gasteiger partial charge in [0.15, 0.2) is 5.69 Å². The minimum atomic E-state index is -4.42. The highest BCUT2D eigenvalue weighted by Crippen LogP contribution is 2.31. The van der Waals surface area contributed by atoms with E-state index in [9.17, 15) is 18.0 Å². The number of benzene rings is 1. The van der Waals surface area contributed by atoms with Gasteiger partial charge in [-0.3, -0.25) is 9.89 Å². The maximum Gasteiger partial charge on any atom is 0.416 e. The van der Waals surface area contributed by atoms with Gasteiger partial charge in [0.2, 0.25) is 0 Å². The zero-order valence-electron chi connectivity index (χ0n) is 15.1. The zero-order valence-corrected chi connectivity index (χ0v) is 15.1. The van der Waals surface area contributed by atoms with Gasteiger partial charge in [-0.25, -0.2) is 0 Å². The minimum absolute atomic E-state index is 0.0120. The lowest BCUT2D eigenvalue weighted by Crippen LogP contribution is -2.34. The predicted molar refractivity (Wildman–Crippen MR) is 92.4 cm³/mol. The summed E-state index contributed by atoms with van der Waals surface area (Å²) in [4.78, 5) is 16.4. The van der Waals surface area contributed by atoms with Crippen molar-refractivity contribution >= 4 is 5.91 Å². The first-order chi connectivity index (χ1) is 12.7. The molecule has 9 heteroatoms. The molecular formula is C18H21F3N4O2. The quantitative estimate of drug-likeness (QED) is 0.864. The molecule has 27 heavy (non-hydrogen) atoms. The summed E-state index contributed by atoms with van der Waals surface area (Å²) in [6.07, 6.45) is -3.51. The summed E-state index contributed by atoms with van der Waals surface area (Å²) in [6.45, 7) is 1.31. The molecule has 1 aliphatic rings. The molecule has 1 atom stereocenters. The molecule has 0 bridgehead atoms. The lowest BCUT2D eigenvalue weighted by Gasteiger charge is -2.19. The summed E-state index contributed by atoms with van der Waals surface area (Å²) < 4.78 is 43.6. The number of aromatic nitrogens is 2. The number of halogens is 3. The molecule has 1 aromatic heterocycles. The average Bonchev–Trinajstić information content (AvgIpc) is 3.29. The van der Waals surface area contributed by atoms with Gasteiger partial charge in [-0.2, -0.15) is 18.3 Å². The number of aromatic amines is 1. The summed E-state index contributed by atoms with van der Waals surface area (Å²) in [5, 5.41) is 6.71. The van der Waals surface area contributed by atoms with Gasteiger partial charge in [-0.1, -0.05) is 6.07 Å². The molecule has 3 rings (SSSR count). The fraction of sp³-hybridized carbons (Fsp3) is 0.444. The van der Waals surface area contributed by atoms with Crippen LogP contribution < -0.4 is 4.74 Å². The van der Waals surface area contributed by atoms with E-state index in [2.05, 4.69) is 15.1 Å². The smallest absolute Gasteiger partial charge is 0.416 e. The van der Waals surface area contributed by atoms with E-state index >= 15 is 0 Å². The normalized spacial score (nSPS) is 17.6. The summed E-state index contributed by atoms with van der Waals surface area (Å²) in [5.41, 5.74) is 0.0149. The number of ether oxygens (including phenoxy) is 1. The molecule has 1 aliphatic heterocycles. The highest BCUT2D eigenvalue weighted by Gasteiger charge is 2.31. The summed E-state index contributed by atoms with van der Waals surface area (Å²) in [5.74, 6) is -0.0680. The number of hydrogen-bond acceptors (Lipinski definition) is 4. The average molecular weight is 382 g/mol. The third-order valence-electron chi connectivity index (χ3n) is 4.59. The number of carbonyl (C=O) groups excluding carboxylic acids is 1. The van der Waals surface area contributed by atoms with Crippen LogP contribution in [0.15, 0.2) is 30.3 Å². The Kier molecular flexibility index (Phi) is 5.41. The molecule has 146 valence electrons. The number of carbonyl (C=O) groups is 1. The SMILES string of the molecule is CN(C)C1CCN(C(=O)c2cc(COc3cccc(C(F)(F)F)c3)[nH]n2)C1. The van der Waals surface area contributed by atoms with E-state index in [4.69, 9.17) is 4.74 Å². The first-order valence-corrected chi connectivity index (χ1v) is 8.54. The Bertz CT molecular complexity index is 804. The monoisotopic (exact) mass is 382 g/mol. The van der Waals surface area contributed by atoms with Crippen LogP contribution in [0.1, 0.15) is 28.2 Å². The molecule has 1 N–H and O–H groups in total. The lowest BCUT2D eigenvalue weighted by atomic mass is 10.2. The van der Waals surface area contributed by atoms with Crippen LogP contribution in [-0.4, -0.2) is 59.1 Å². The first-order valence-electron chi connectivity index (χ1n) is 8.54. The van der Waals surface area contributed by atoms with Crippen LogP contribution in [0.5, 0.6) is 5.75 Å². The Hall–Kier alpha value is -2.55. The van der Waals surface area contributed by atoms with Crippen LogP contribution in [0.25, 0.3) is 0 Å². The molecular weight excluding hydrogens is 361 g/mol. The van der Waals surface area contributed by atoms with Crippen molar-refractivity contribution in [1.29, 1.82) is 0 Å². The van der Waals surface area contributed by atoms with Gasteiger partial charge >= 0.3 is 6.18 Å². The molecule has 1 amide bonds. The van der Waals surface area contributed by atoms with Gasteiger partial charge in [-0.15, -0.1) is 0 Å². The number of nitrogens with one attached hydrogen (secondary N) is 1. The van der Waals surface area contributed by atoms with Crippen molar-refractivity contribution in [2.75, 3.05) is 27.2 Å². The Balaban J connectivity index is 1.59. The Morgan fingerprint density at radius 1 is 1.37 bits per heavy atom. The second-order valence-electron chi connectivity index (χ2n) is 6.75. The van der Waals surface area contributed by atoms with E-state index in [-0.39, 0.29) is 24.0 Å². The molecule has 0 aliphatic carbocycles. The fourth-order valence-corrected chi connectivity index (χ4v) is 2.98. The highest BCUT2D eigenvalue weighted by molar-refractivity contribution is 5.92. The molecule has 2 aromatic rings. The Morgan fingerprint density at radius 3 is 2.81 bits per heavy atom. The van der Waals surface area contributed by atoms with Crippen LogP contribution in [0.4, 0.5) is 13.2 Å². The molecule has 0 saturated carbocycles. The van der Waals surface area contributed by atoms with Crippen molar-refractivity contribution in [2.45, 2.75) is 25.2 Å². The Morgan fingerprint density at radius 2 is 2.15 bits per heavy atom. The number of likely N-dealkylation sites (N-methyl/N-ethyl adjacent to an activating group) is 1. The lowest BCUT2D eigenvalue weighted by molar-refractivity contribution is -0.137. The topological polar surface area (TPSA) is 61.5 Å². The number of hydrogen-bond donors (Lipinski definition) is 1. The zero-order chi connectivity index (χ0) is 19.6. The number of likely N-dealkylation sites (tertiary alicyclic amines) is 1. The second kappa shape index (κ2) is 7.59. The van der Waals surface area contributed by atoms with Crippen molar-refractivity contribution in [3.63, 3.8) is 0 Å². The van der Waals surface area contributed by atoms with Gasteiger partial charge in [0.25, 0.3) is 5.91 Å². The van der Waals surface area contributed by atoms with Crippen molar-refractivity contribution in [3.05, 3.63) is 47.3 Å². The third kappa shape index (κ3) is 4.60. The van der Waals surface area contributed by atoms with E-state index in [0.29, 0.717) is 24.8 Å². The van der Waals surface area contributed by atoms with Crippen LogP contribution in [0.2, 0.25) is 0 Å². The van der Waals surface area contributed by atoms with Crippen molar-refractivity contribution in [1.82, 2.24) is 20.0 Å². The standard InChI is InChI=1S/C18H21F3N4O2/c1-24(2)14-6-7-25(10-14)17(26)16-9-13(22-23-16)11-27-15-5-3-4-12(8-15)18(19,20)21/h3-5,8-9,14H,6-7,10-11H2,1-2H3,(H,22,23). The van der Waals surface area contributed by atoms with E-state index in [1.807, 2.05) is 14.1 Å². The number of alkyl halides is 3. The summed E-state index contributed by atoms with van der Waals surface area (Å²) in [6, 6.07) is 6.55. The van der Waals surface area contributed by atoms with Gasteiger partial charge < -0.3 is 14.5 Å². The maximum atomic E-state index is 12.7. The number of rotatable bonds is 5. The molecule has 6 nitrogen and oxygen atoms in total. The molecule has 1 fully saturated rings. The molecule has 0 radical (unpaired) electrons. The van der Waals surface area contributed by atoms with Crippen molar-refractivity contribution < 1.29 is 22.7 Å². The molecule has 0 spiro atoms. The van der Waals surface area contributed by atoms with E-state index < -0.39 is 11.7 Å². The van der Waals surface area contributed by atoms with Gasteiger partial charge in [0.05, 0.1) is 11.3 Å². The molecule has 1 aromatic carbocycles. The van der Waals surface area contributed by atoms with Gasteiger partial charge in [-0.05, 0) is 44.8 Å². The van der Waals surface area contributed by atoms with Crippen molar-refractivity contribution in [2.24, 2.45) is 0 Å². The third-order valence-corrected chi connectivity index (χ3v) is 4.59. The maximum absolute atomic E-state index is 12.7. The summed E-state index contributed by atoms with van der Waals surface area (Å²) >= 11 is 0. The van der Waals surface area contributed by atoms with E-state index in [1.165, 1.54) is 12.1 Å². The van der Waals surface area contributed by atoms with Crippen LogP contribution in [0.3, 0.4) is 0 Å². The largest absolute Gasteiger partial charge is 0.487 e. The fourth-order valence-electron chi connectivity index (χ4n) is 2.98. The molecule has 1 unspecified atom stereocenters. The molecule has 2 heterocycles. The Labute approximate surface area is 154 Å². The number of nitrogens with zero attached hydrogens (tertiary/aromatic N) is 3. The van der Waals surface area contributed by atoms with Crippen LogP contribution in [-0.2, 0) is 12.8 Å². The highest BCUT2D eigenvalue weighted by atomic mass is 19.4. The van der Waals surface area contributed by atoms with E-state index in [1.54, 1.807) is 11.0 Å². The number of amides is 1.